The first-order chi connectivity index (χ1) is 7.24. The van der Waals surface area contributed by atoms with Crippen molar-refractivity contribution in [1.29, 1.82) is 0 Å². The fourth-order valence-corrected chi connectivity index (χ4v) is 1.44. The van der Waals surface area contributed by atoms with Crippen LogP contribution >= 0.6 is 0 Å². The molecule has 1 fully saturated rings. The highest BCUT2D eigenvalue weighted by Crippen LogP contribution is 1.96. The Kier molecular flexibility index (Phi) is 5.60. The molecule has 0 aromatic carbocycles. The Morgan fingerprint density at radius 2 is 2.53 bits per heavy atom. The van der Waals surface area contributed by atoms with Crippen LogP contribution in [-0.2, 0) is 14.3 Å². The molecule has 0 aromatic heterocycles. The molecule has 5 nitrogen and oxygen atoms in total. The van der Waals surface area contributed by atoms with Crippen molar-refractivity contribution < 1.29 is 14.3 Å². The Morgan fingerprint density at radius 3 is 3.13 bits per heavy atom. The number of nitrogens with one attached hydrogen (secondary N) is 2. The van der Waals surface area contributed by atoms with Gasteiger partial charge in [-0.05, 0) is 13.8 Å². The highest BCUT2D eigenvalue weighted by atomic mass is 16.5. The number of carbonyl (C=O) groups is 1. The standard InChI is InChI=1S/C10H20N2O3/c1-3-14-8(2)6-12-10(13)9-7-11-4-5-15-9/h8-9,11H,3-7H2,1-2H3,(H,12,13). The van der Waals surface area contributed by atoms with Crippen LogP contribution in [0.25, 0.3) is 0 Å². The first kappa shape index (κ1) is 12.4. The molecule has 0 aliphatic carbocycles. The summed E-state index contributed by atoms with van der Waals surface area (Å²) >= 11 is 0. The molecule has 1 saturated heterocycles. The summed E-state index contributed by atoms with van der Waals surface area (Å²) in [5, 5.41) is 5.92. The van der Waals surface area contributed by atoms with E-state index in [0.717, 1.165) is 6.54 Å². The molecule has 0 bridgehead atoms. The molecule has 15 heavy (non-hydrogen) atoms. The van der Waals surface area contributed by atoms with Crippen molar-refractivity contribution in [2.24, 2.45) is 0 Å². The summed E-state index contributed by atoms with van der Waals surface area (Å²) < 4.78 is 10.6. The molecule has 1 rings (SSSR count). The number of amides is 1. The maximum absolute atomic E-state index is 11.6. The molecular weight excluding hydrogens is 196 g/mol. The van der Waals surface area contributed by atoms with Crippen molar-refractivity contribution in [1.82, 2.24) is 10.6 Å². The van der Waals surface area contributed by atoms with Crippen molar-refractivity contribution in [3.8, 4) is 0 Å². The fourth-order valence-electron chi connectivity index (χ4n) is 1.44. The maximum atomic E-state index is 11.6. The Bertz CT molecular complexity index is 193. The first-order valence-electron chi connectivity index (χ1n) is 5.45. The highest BCUT2D eigenvalue weighted by Gasteiger charge is 2.21. The zero-order chi connectivity index (χ0) is 11.1. The minimum Gasteiger partial charge on any atom is -0.377 e. The van der Waals surface area contributed by atoms with Gasteiger partial charge in [-0.25, -0.2) is 0 Å². The molecule has 1 aliphatic heterocycles. The van der Waals surface area contributed by atoms with Gasteiger partial charge in [-0.2, -0.15) is 0 Å². The smallest absolute Gasteiger partial charge is 0.250 e. The van der Waals surface area contributed by atoms with Gasteiger partial charge >= 0.3 is 0 Å². The van der Waals surface area contributed by atoms with E-state index >= 15 is 0 Å². The van der Waals surface area contributed by atoms with Gasteiger partial charge in [0.15, 0.2) is 0 Å². The monoisotopic (exact) mass is 216 g/mol. The van der Waals surface area contributed by atoms with E-state index in [2.05, 4.69) is 10.6 Å². The molecule has 1 amide bonds. The molecular formula is C10H20N2O3. The Labute approximate surface area is 90.5 Å². The van der Waals surface area contributed by atoms with Gasteiger partial charge < -0.3 is 20.1 Å². The van der Waals surface area contributed by atoms with Gasteiger partial charge in [0.25, 0.3) is 5.91 Å². The van der Waals surface area contributed by atoms with Gasteiger partial charge in [-0.1, -0.05) is 0 Å². The molecule has 1 aliphatic rings. The summed E-state index contributed by atoms with van der Waals surface area (Å²) in [6, 6.07) is 0. The van der Waals surface area contributed by atoms with Crippen LogP contribution in [0.2, 0.25) is 0 Å². The molecule has 0 radical (unpaired) electrons. The average molecular weight is 216 g/mol. The van der Waals surface area contributed by atoms with E-state index in [1.54, 1.807) is 0 Å². The second-order valence-electron chi connectivity index (χ2n) is 3.57. The van der Waals surface area contributed by atoms with E-state index in [0.29, 0.717) is 26.3 Å². The molecule has 1 heterocycles. The summed E-state index contributed by atoms with van der Waals surface area (Å²) in [4.78, 5) is 11.6. The third-order valence-corrected chi connectivity index (χ3v) is 2.23. The SMILES string of the molecule is CCOC(C)CNC(=O)C1CNCCO1. The van der Waals surface area contributed by atoms with Crippen molar-refractivity contribution in [3.63, 3.8) is 0 Å². The predicted molar refractivity (Wildman–Crippen MR) is 56.7 cm³/mol. The van der Waals surface area contributed by atoms with E-state index < -0.39 is 0 Å². The third kappa shape index (κ3) is 4.59. The second kappa shape index (κ2) is 6.76. The number of hydrogen-bond acceptors (Lipinski definition) is 4. The maximum Gasteiger partial charge on any atom is 0.250 e. The Hall–Kier alpha value is -0.650. The van der Waals surface area contributed by atoms with Crippen LogP contribution in [-0.4, -0.2) is 51.0 Å². The third-order valence-electron chi connectivity index (χ3n) is 2.23. The van der Waals surface area contributed by atoms with Crippen molar-refractivity contribution in [2.75, 3.05) is 32.8 Å². The zero-order valence-electron chi connectivity index (χ0n) is 9.41. The van der Waals surface area contributed by atoms with Gasteiger partial charge in [-0.15, -0.1) is 0 Å². The molecule has 2 N–H and O–H groups in total. The normalized spacial score (nSPS) is 23.5. The van der Waals surface area contributed by atoms with E-state index in [4.69, 9.17) is 9.47 Å². The fraction of sp³-hybridized carbons (Fsp3) is 0.900. The lowest BCUT2D eigenvalue weighted by molar-refractivity contribution is -0.134. The van der Waals surface area contributed by atoms with Crippen LogP contribution in [0.5, 0.6) is 0 Å². The topological polar surface area (TPSA) is 59.6 Å². The van der Waals surface area contributed by atoms with Crippen molar-refractivity contribution in [3.05, 3.63) is 0 Å². The van der Waals surface area contributed by atoms with Crippen LogP contribution in [0, 0.1) is 0 Å². The van der Waals surface area contributed by atoms with E-state index in [9.17, 15) is 4.79 Å². The molecule has 0 spiro atoms. The van der Waals surface area contributed by atoms with Crippen LogP contribution in [0.15, 0.2) is 0 Å². The predicted octanol–water partition coefficient (Wildman–Crippen LogP) is -0.484. The van der Waals surface area contributed by atoms with E-state index in [1.807, 2.05) is 13.8 Å². The molecule has 5 heteroatoms. The summed E-state index contributed by atoms with van der Waals surface area (Å²) in [6.45, 7) is 7.08. The summed E-state index contributed by atoms with van der Waals surface area (Å²) in [5.74, 6) is -0.0613. The molecule has 88 valence electrons. The summed E-state index contributed by atoms with van der Waals surface area (Å²) in [5.41, 5.74) is 0. The molecule has 2 unspecified atom stereocenters. The number of morpholine rings is 1. The quantitative estimate of drug-likeness (QED) is 0.651. The summed E-state index contributed by atoms with van der Waals surface area (Å²) in [7, 11) is 0. The average Bonchev–Trinajstić information content (AvgIpc) is 2.27. The Balaban J connectivity index is 2.16. The van der Waals surface area contributed by atoms with Gasteiger partial charge in [0.05, 0.1) is 12.7 Å². The largest absolute Gasteiger partial charge is 0.377 e. The van der Waals surface area contributed by atoms with Gasteiger partial charge in [0.1, 0.15) is 6.10 Å². The lowest BCUT2D eigenvalue weighted by atomic mass is 10.3. The van der Waals surface area contributed by atoms with E-state index in [-0.39, 0.29) is 18.1 Å². The van der Waals surface area contributed by atoms with Crippen LogP contribution in [0.3, 0.4) is 0 Å². The van der Waals surface area contributed by atoms with Crippen molar-refractivity contribution in [2.45, 2.75) is 26.1 Å². The van der Waals surface area contributed by atoms with E-state index in [1.165, 1.54) is 0 Å². The lowest BCUT2D eigenvalue weighted by Gasteiger charge is -2.23. The second-order valence-corrected chi connectivity index (χ2v) is 3.57. The number of rotatable bonds is 5. The van der Waals surface area contributed by atoms with Crippen molar-refractivity contribution >= 4 is 5.91 Å². The van der Waals surface area contributed by atoms with Crippen LogP contribution in [0.4, 0.5) is 0 Å². The summed E-state index contributed by atoms with van der Waals surface area (Å²) in [6.07, 6.45) is -0.303. The molecule has 0 aromatic rings. The van der Waals surface area contributed by atoms with Gasteiger partial charge in [-0.3, -0.25) is 4.79 Å². The zero-order valence-corrected chi connectivity index (χ0v) is 9.41. The molecule has 2 atom stereocenters. The molecule has 0 saturated carbocycles. The first-order valence-corrected chi connectivity index (χ1v) is 5.45. The minimum absolute atomic E-state index is 0.0514. The van der Waals surface area contributed by atoms with Gasteiger partial charge in [0.2, 0.25) is 0 Å². The Morgan fingerprint density at radius 1 is 1.73 bits per heavy atom. The number of hydrogen-bond donors (Lipinski definition) is 2. The number of ether oxygens (including phenoxy) is 2. The lowest BCUT2D eigenvalue weighted by Crippen LogP contribution is -2.49. The van der Waals surface area contributed by atoms with Crippen LogP contribution in [0.1, 0.15) is 13.8 Å². The van der Waals surface area contributed by atoms with Crippen LogP contribution < -0.4 is 10.6 Å². The highest BCUT2D eigenvalue weighted by molar-refractivity contribution is 5.81. The minimum atomic E-state index is -0.354. The number of carbonyl (C=O) groups excluding carboxylic acids is 1. The van der Waals surface area contributed by atoms with Gasteiger partial charge in [0, 0.05) is 26.2 Å².